The van der Waals surface area contributed by atoms with Crippen LogP contribution in [0.3, 0.4) is 0 Å². The van der Waals surface area contributed by atoms with Gasteiger partial charge in [0.25, 0.3) is 0 Å². The highest BCUT2D eigenvalue weighted by atomic mass is 32.2. The molecule has 0 saturated heterocycles. The number of methoxy groups -OCH3 is 1. The van der Waals surface area contributed by atoms with Crippen molar-refractivity contribution in [3.63, 3.8) is 0 Å². The monoisotopic (exact) mass is 368 g/mol. The van der Waals surface area contributed by atoms with Crippen molar-refractivity contribution in [2.75, 3.05) is 21.2 Å². The molecule has 1 N–H and O–H groups in total. The largest absolute Gasteiger partial charge is 0.469 e. The summed E-state index contributed by atoms with van der Waals surface area (Å²) in [5.74, 6) is -0.0851. The van der Waals surface area contributed by atoms with Gasteiger partial charge < -0.3 is 10.1 Å². The molecule has 0 radical (unpaired) electrons. The predicted molar refractivity (Wildman–Crippen MR) is 96.6 cm³/mol. The molecule has 1 fully saturated rings. The summed E-state index contributed by atoms with van der Waals surface area (Å²) in [6.07, 6.45) is 3.57. The second-order valence-electron chi connectivity index (χ2n) is 6.82. The van der Waals surface area contributed by atoms with E-state index >= 15 is 0 Å². The van der Waals surface area contributed by atoms with E-state index < -0.39 is 10.0 Å². The SMILES string of the molecule is COC(=O)C1CCC(NC(C)c2ccc(S(=O)(=O)N(C)C)cc2)CC1. The van der Waals surface area contributed by atoms with Gasteiger partial charge in [-0.3, -0.25) is 4.79 Å². The fourth-order valence-electron chi connectivity index (χ4n) is 3.25. The normalized spacial score (nSPS) is 22.6. The molecule has 2 rings (SSSR count). The number of benzene rings is 1. The number of sulfonamides is 1. The van der Waals surface area contributed by atoms with Crippen LogP contribution < -0.4 is 5.32 Å². The van der Waals surface area contributed by atoms with Gasteiger partial charge in [-0.15, -0.1) is 0 Å². The maximum Gasteiger partial charge on any atom is 0.308 e. The summed E-state index contributed by atoms with van der Waals surface area (Å²) in [6.45, 7) is 2.07. The number of ether oxygens (including phenoxy) is 1. The predicted octanol–water partition coefficient (Wildman–Crippen LogP) is 2.32. The molecule has 1 aliphatic carbocycles. The summed E-state index contributed by atoms with van der Waals surface area (Å²) in [6, 6.07) is 7.49. The first-order valence-electron chi connectivity index (χ1n) is 8.62. The third-order valence-electron chi connectivity index (χ3n) is 4.91. The molecular formula is C18H28N2O4S. The molecule has 0 spiro atoms. The van der Waals surface area contributed by atoms with Crippen LogP contribution in [0, 0.1) is 5.92 Å². The molecule has 1 aromatic carbocycles. The second-order valence-corrected chi connectivity index (χ2v) is 8.97. The Hall–Kier alpha value is -1.44. The standard InChI is InChI=1S/C18H28N2O4S/c1-13(19-16-9-5-15(6-10-16)18(21)24-4)14-7-11-17(12-8-14)25(22,23)20(2)3/h7-8,11-13,15-16,19H,5-6,9-10H2,1-4H3. The Balaban J connectivity index is 1.94. The number of rotatable bonds is 6. The van der Waals surface area contributed by atoms with Crippen molar-refractivity contribution in [3.05, 3.63) is 29.8 Å². The Kier molecular flexibility index (Phi) is 6.59. The lowest BCUT2D eigenvalue weighted by Gasteiger charge is -2.30. The van der Waals surface area contributed by atoms with Crippen LogP contribution in [-0.2, 0) is 19.6 Å². The Morgan fingerprint density at radius 3 is 2.20 bits per heavy atom. The van der Waals surface area contributed by atoms with E-state index in [1.807, 2.05) is 12.1 Å². The Labute approximate surface area is 150 Å². The van der Waals surface area contributed by atoms with Crippen LogP contribution in [0.4, 0.5) is 0 Å². The van der Waals surface area contributed by atoms with E-state index in [-0.39, 0.29) is 17.9 Å². The topological polar surface area (TPSA) is 75.7 Å². The first kappa shape index (κ1) is 19.9. The van der Waals surface area contributed by atoms with E-state index in [0.29, 0.717) is 10.9 Å². The molecule has 1 unspecified atom stereocenters. The van der Waals surface area contributed by atoms with Crippen LogP contribution in [0.15, 0.2) is 29.2 Å². The molecule has 0 aromatic heterocycles. The zero-order valence-electron chi connectivity index (χ0n) is 15.4. The summed E-state index contributed by atoms with van der Waals surface area (Å²) in [5, 5.41) is 3.58. The van der Waals surface area contributed by atoms with Gasteiger partial charge in [-0.1, -0.05) is 12.1 Å². The number of hydrogen-bond acceptors (Lipinski definition) is 5. The van der Waals surface area contributed by atoms with Gasteiger partial charge in [0.15, 0.2) is 0 Å². The minimum absolute atomic E-state index is 0.0221. The fourth-order valence-corrected chi connectivity index (χ4v) is 4.15. The van der Waals surface area contributed by atoms with E-state index in [0.717, 1.165) is 31.2 Å². The highest BCUT2D eigenvalue weighted by Gasteiger charge is 2.27. The third kappa shape index (κ3) is 4.80. The Morgan fingerprint density at radius 2 is 1.72 bits per heavy atom. The summed E-state index contributed by atoms with van der Waals surface area (Å²) in [5.41, 5.74) is 1.05. The summed E-state index contributed by atoms with van der Waals surface area (Å²) in [4.78, 5) is 11.9. The maximum absolute atomic E-state index is 12.1. The molecule has 25 heavy (non-hydrogen) atoms. The molecule has 140 valence electrons. The first-order chi connectivity index (χ1) is 11.8. The molecule has 1 atom stereocenters. The van der Waals surface area contributed by atoms with Crippen LogP contribution in [0.2, 0.25) is 0 Å². The molecule has 0 bridgehead atoms. The minimum Gasteiger partial charge on any atom is -0.469 e. The molecule has 7 heteroatoms. The zero-order valence-corrected chi connectivity index (χ0v) is 16.2. The highest BCUT2D eigenvalue weighted by Crippen LogP contribution is 2.27. The molecule has 0 amide bonds. The van der Waals surface area contributed by atoms with Gasteiger partial charge in [-0.2, -0.15) is 0 Å². The second kappa shape index (κ2) is 8.29. The van der Waals surface area contributed by atoms with Gasteiger partial charge in [0.1, 0.15) is 0 Å². The zero-order chi connectivity index (χ0) is 18.6. The van der Waals surface area contributed by atoms with Gasteiger partial charge in [0, 0.05) is 26.2 Å². The van der Waals surface area contributed by atoms with Gasteiger partial charge in [-0.05, 0) is 50.3 Å². The van der Waals surface area contributed by atoms with Crippen molar-refractivity contribution >= 4 is 16.0 Å². The molecule has 1 aromatic rings. The molecule has 1 saturated carbocycles. The summed E-state index contributed by atoms with van der Waals surface area (Å²) >= 11 is 0. The fraction of sp³-hybridized carbons (Fsp3) is 0.611. The van der Waals surface area contributed by atoms with E-state index in [1.165, 1.54) is 25.5 Å². The van der Waals surface area contributed by atoms with Crippen LogP contribution in [-0.4, -0.2) is 45.9 Å². The third-order valence-corrected chi connectivity index (χ3v) is 6.74. The lowest BCUT2D eigenvalue weighted by molar-refractivity contribution is -0.146. The van der Waals surface area contributed by atoms with Crippen LogP contribution >= 0.6 is 0 Å². The van der Waals surface area contributed by atoms with Crippen molar-refractivity contribution in [1.29, 1.82) is 0 Å². The van der Waals surface area contributed by atoms with Gasteiger partial charge >= 0.3 is 5.97 Å². The number of nitrogens with zero attached hydrogens (tertiary/aromatic N) is 1. The van der Waals surface area contributed by atoms with Crippen LogP contribution in [0.5, 0.6) is 0 Å². The number of nitrogens with one attached hydrogen (secondary N) is 1. The van der Waals surface area contributed by atoms with Gasteiger partial charge in [-0.25, -0.2) is 12.7 Å². The lowest BCUT2D eigenvalue weighted by Crippen LogP contribution is -2.36. The summed E-state index contributed by atoms with van der Waals surface area (Å²) in [7, 11) is 1.10. The Morgan fingerprint density at radius 1 is 1.16 bits per heavy atom. The van der Waals surface area contributed by atoms with Crippen molar-refractivity contribution in [2.45, 2.75) is 49.6 Å². The maximum atomic E-state index is 12.1. The minimum atomic E-state index is -3.39. The smallest absolute Gasteiger partial charge is 0.308 e. The summed E-state index contributed by atoms with van der Waals surface area (Å²) < 4.78 is 30.3. The Bertz CT molecular complexity index is 678. The van der Waals surface area contributed by atoms with Crippen molar-refractivity contribution in [2.24, 2.45) is 5.92 Å². The lowest BCUT2D eigenvalue weighted by atomic mass is 9.85. The van der Waals surface area contributed by atoms with Crippen LogP contribution in [0.25, 0.3) is 0 Å². The molecule has 1 aliphatic rings. The molecule has 0 aliphatic heterocycles. The number of carbonyl (C=O) groups excluding carboxylic acids is 1. The highest BCUT2D eigenvalue weighted by molar-refractivity contribution is 7.89. The number of esters is 1. The van der Waals surface area contributed by atoms with Crippen molar-refractivity contribution in [3.8, 4) is 0 Å². The van der Waals surface area contributed by atoms with E-state index in [9.17, 15) is 13.2 Å². The van der Waals surface area contributed by atoms with Gasteiger partial charge in [0.2, 0.25) is 10.0 Å². The van der Waals surface area contributed by atoms with Crippen LogP contribution in [0.1, 0.15) is 44.2 Å². The van der Waals surface area contributed by atoms with Crippen molar-refractivity contribution in [1.82, 2.24) is 9.62 Å². The number of carbonyl (C=O) groups is 1. The van der Waals surface area contributed by atoms with Gasteiger partial charge in [0.05, 0.1) is 17.9 Å². The number of hydrogen-bond donors (Lipinski definition) is 1. The van der Waals surface area contributed by atoms with E-state index in [4.69, 9.17) is 4.74 Å². The molecule has 0 heterocycles. The average Bonchev–Trinajstić information content (AvgIpc) is 2.61. The van der Waals surface area contributed by atoms with E-state index in [1.54, 1.807) is 12.1 Å². The van der Waals surface area contributed by atoms with E-state index in [2.05, 4.69) is 12.2 Å². The molecule has 6 nitrogen and oxygen atoms in total. The quantitative estimate of drug-likeness (QED) is 0.780. The molecular weight excluding hydrogens is 340 g/mol. The van der Waals surface area contributed by atoms with Crippen molar-refractivity contribution < 1.29 is 17.9 Å². The average molecular weight is 368 g/mol. The first-order valence-corrected chi connectivity index (χ1v) is 10.1.